The summed E-state index contributed by atoms with van der Waals surface area (Å²) < 4.78 is 37.7. The van der Waals surface area contributed by atoms with Gasteiger partial charge in [-0.05, 0) is 74.0 Å². The van der Waals surface area contributed by atoms with E-state index in [9.17, 15) is 13.2 Å². The number of sulfonamides is 1. The van der Waals surface area contributed by atoms with Gasteiger partial charge < -0.3 is 9.47 Å². The van der Waals surface area contributed by atoms with Crippen LogP contribution >= 0.6 is 0 Å². The average molecular weight is 482 g/mol. The first kappa shape index (κ1) is 24.8. The Morgan fingerprint density at radius 3 is 2.32 bits per heavy atom. The highest BCUT2D eigenvalue weighted by molar-refractivity contribution is 7.92. The van der Waals surface area contributed by atoms with E-state index in [1.165, 1.54) is 17.6 Å². The van der Waals surface area contributed by atoms with E-state index in [-0.39, 0.29) is 4.90 Å². The van der Waals surface area contributed by atoms with Crippen LogP contribution in [0.1, 0.15) is 28.4 Å². The molecule has 0 heterocycles. The number of carbonyl (C=O) groups excluding carboxylic acids is 1. The van der Waals surface area contributed by atoms with Crippen molar-refractivity contribution in [2.45, 2.75) is 18.7 Å². The van der Waals surface area contributed by atoms with Crippen LogP contribution in [0.2, 0.25) is 0 Å². The zero-order valence-electron chi connectivity index (χ0n) is 19.5. The minimum atomic E-state index is -3.71. The van der Waals surface area contributed by atoms with E-state index in [1.807, 2.05) is 13.8 Å². The number of anilines is 1. The molecule has 0 aromatic heterocycles. The molecule has 0 aliphatic heterocycles. The summed E-state index contributed by atoms with van der Waals surface area (Å²) >= 11 is 0. The molecule has 0 saturated heterocycles. The van der Waals surface area contributed by atoms with Crippen molar-refractivity contribution in [2.24, 2.45) is 5.10 Å². The lowest BCUT2D eigenvalue weighted by atomic mass is 10.2. The topological polar surface area (TPSA) is 97.3 Å². The highest BCUT2D eigenvalue weighted by atomic mass is 32.2. The minimum Gasteiger partial charge on any atom is -0.493 e. The van der Waals surface area contributed by atoms with Gasteiger partial charge in [-0.2, -0.15) is 5.10 Å². The van der Waals surface area contributed by atoms with Gasteiger partial charge in [0.05, 0.1) is 30.5 Å². The Hall–Kier alpha value is -3.85. The Balaban J connectivity index is 1.66. The fourth-order valence-electron chi connectivity index (χ4n) is 3.10. The molecule has 3 aromatic rings. The van der Waals surface area contributed by atoms with E-state index in [0.29, 0.717) is 29.4 Å². The number of nitrogens with zero attached hydrogens (tertiary/aromatic N) is 2. The first-order chi connectivity index (χ1) is 16.3. The third-order valence-corrected chi connectivity index (χ3v) is 6.84. The van der Waals surface area contributed by atoms with Crippen molar-refractivity contribution in [1.29, 1.82) is 0 Å². The van der Waals surface area contributed by atoms with Crippen molar-refractivity contribution in [2.75, 3.05) is 25.1 Å². The molecule has 3 rings (SSSR count). The van der Waals surface area contributed by atoms with Gasteiger partial charge in [0.15, 0.2) is 11.5 Å². The molecule has 0 fully saturated rings. The Labute approximate surface area is 199 Å². The molecule has 3 aromatic carbocycles. The fourth-order valence-corrected chi connectivity index (χ4v) is 4.29. The maximum atomic E-state index is 12.9. The molecular weight excluding hydrogens is 454 g/mol. The van der Waals surface area contributed by atoms with Crippen LogP contribution in [0.3, 0.4) is 0 Å². The fraction of sp³-hybridized carbons (Fsp3) is 0.200. The lowest BCUT2D eigenvalue weighted by Crippen LogP contribution is -2.26. The molecule has 0 spiro atoms. The van der Waals surface area contributed by atoms with Crippen LogP contribution in [0.25, 0.3) is 0 Å². The molecule has 0 unspecified atom stereocenters. The van der Waals surface area contributed by atoms with Gasteiger partial charge in [-0.15, -0.1) is 0 Å². The molecule has 0 aliphatic rings. The molecule has 0 bridgehead atoms. The maximum Gasteiger partial charge on any atom is 0.271 e. The zero-order chi connectivity index (χ0) is 24.7. The monoisotopic (exact) mass is 481 g/mol. The number of aryl methyl sites for hydroxylation is 1. The summed E-state index contributed by atoms with van der Waals surface area (Å²) in [7, 11) is -0.688. The molecule has 9 heteroatoms. The SMILES string of the molecule is CCOc1ccc(/C=N\NC(=O)c2ccc(N(C)S(=O)(=O)c3ccc(C)cc3)cc2)cc1OC. The lowest BCUT2D eigenvalue weighted by Gasteiger charge is -2.19. The van der Waals surface area contributed by atoms with Gasteiger partial charge in [0.2, 0.25) is 0 Å². The summed E-state index contributed by atoms with van der Waals surface area (Å²) in [6, 6.07) is 18.2. The van der Waals surface area contributed by atoms with Crippen molar-refractivity contribution in [3.05, 3.63) is 83.4 Å². The Morgan fingerprint density at radius 1 is 1.03 bits per heavy atom. The predicted octanol–water partition coefficient (Wildman–Crippen LogP) is 3.99. The van der Waals surface area contributed by atoms with E-state index in [1.54, 1.807) is 73.8 Å². The van der Waals surface area contributed by atoms with Crippen LogP contribution < -0.4 is 19.2 Å². The number of carbonyl (C=O) groups is 1. The van der Waals surface area contributed by atoms with Crippen molar-refractivity contribution in [3.63, 3.8) is 0 Å². The summed E-state index contributed by atoms with van der Waals surface area (Å²) in [5.74, 6) is 0.766. The van der Waals surface area contributed by atoms with Gasteiger partial charge in [0, 0.05) is 12.6 Å². The molecule has 178 valence electrons. The molecule has 34 heavy (non-hydrogen) atoms. The molecule has 0 saturated carbocycles. The van der Waals surface area contributed by atoms with E-state index in [2.05, 4.69) is 10.5 Å². The Bertz CT molecular complexity index is 1270. The molecule has 0 aliphatic carbocycles. The highest BCUT2D eigenvalue weighted by Gasteiger charge is 2.21. The lowest BCUT2D eigenvalue weighted by molar-refractivity contribution is 0.0955. The maximum absolute atomic E-state index is 12.9. The Kier molecular flexibility index (Phi) is 7.91. The first-order valence-corrected chi connectivity index (χ1v) is 12.0. The van der Waals surface area contributed by atoms with Crippen LogP contribution in [0.4, 0.5) is 5.69 Å². The number of hydrazone groups is 1. The molecule has 1 amide bonds. The first-order valence-electron chi connectivity index (χ1n) is 10.6. The van der Waals surface area contributed by atoms with E-state index >= 15 is 0 Å². The van der Waals surface area contributed by atoms with Crippen LogP contribution in [0.5, 0.6) is 11.5 Å². The number of benzene rings is 3. The normalized spacial score (nSPS) is 11.3. The quantitative estimate of drug-likeness (QED) is 0.368. The van der Waals surface area contributed by atoms with Crippen LogP contribution in [-0.4, -0.2) is 41.3 Å². The number of rotatable bonds is 9. The number of hydrogen-bond acceptors (Lipinski definition) is 6. The zero-order valence-corrected chi connectivity index (χ0v) is 20.3. The number of nitrogens with one attached hydrogen (secondary N) is 1. The van der Waals surface area contributed by atoms with Crippen molar-refractivity contribution in [1.82, 2.24) is 5.43 Å². The second-order valence-electron chi connectivity index (χ2n) is 7.37. The number of amides is 1. The van der Waals surface area contributed by atoms with Crippen molar-refractivity contribution in [3.8, 4) is 11.5 Å². The van der Waals surface area contributed by atoms with Crippen LogP contribution in [-0.2, 0) is 10.0 Å². The summed E-state index contributed by atoms with van der Waals surface area (Å²) in [6.07, 6.45) is 1.49. The number of ether oxygens (including phenoxy) is 2. The molecular formula is C25H27N3O5S. The van der Waals surface area contributed by atoms with Gasteiger partial charge in [-0.3, -0.25) is 9.10 Å². The van der Waals surface area contributed by atoms with E-state index < -0.39 is 15.9 Å². The number of hydrogen-bond donors (Lipinski definition) is 1. The van der Waals surface area contributed by atoms with Gasteiger partial charge in [-0.1, -0.05) is 17.7 Å². The highest BCUT2D eigenvalue weighted by Crippen LogP contribution is 2.27. The summed E-state index contributed by atoms with van der Waals surface area (Å²) in [5.41, 5.74) is 4.93. The Morgan fingerprint density at radius 2 is 1.71 bits per heavy atom. The number of methoxy groups -OCH3 is 1. The summed E-state index contributed by atoms with van der Waals surface area (Å²) in [5, 5.41) is 3.99. The van der Waals surface area contributed by atoms with E-state index in [4.69, 9.17) is 9.47 Å². The smallest absolute Gasteiger partial charge is 0.271 e. The molecule has 8 nitrogen and oxygen atoms in total. The van der Waals surface area contributed by atoms with Crippen LogP contribution in [0.15, 0.2) is 76.7 Å². The second kappa shape index (κ2) is 10.8. The molecule has 0 atom stereocenters. The van der Waals surface area contributed by atoms with Crippen molar-refractivity contribution < 1.29 is 22.7 Å². The summed E-state index contributed by atoms with van der Waals surface area (Å²) in [6.45, 7) is 4.30. The van der Waals surface area contributed by atoms with Gasteiger partial charge in [0.1, 0.15) is 0 Å². The van der Waals surface area contributed by atoms with Crippen molar-refractivity contribution >= 4 is 27.8 Å². The second-order valence-corrected chi connectivity index (χ2v) is 9.34. The van der Waals surface area contributed by atoms with E-state index in [0.717, 1.165) is 11.1 Å². The largest absolute Gasteiger partial charge is 0.493 e. The average Bonchev–Trinajstić information content (AvgIpc) is 2.84. The standard InChI is InChI=1S/C25H27N3O5S/c1-5-33-23-15-8-19(16-24(23)32-4)17-26-27-25(29)20-9-11-21(12-10-20)28(3)34(30,31)22-13-6-18(2)7-14-22/h6-17H,5H2,1-4H3,(H,27,29)/b26-17-. The third-order valence-electron chi connectivity index (χ3n) is 5.04. The predicted molar refractivity (Wildman–Crippen MR) is 132 cm³/mol. The van der Waals surface area contributed by atoms with Gasteiger partial charge in [-0.25, -0.2) is 13.8 Å². The van der Waals surface area contributed by atoms with Gasteiger partial charge in [0.25, 0.3) is 15.9 Å². The summed E-state index contributed by atoms with van der Waals surface area (Å²) in [4.78, 5) is 12.6. The third kappa shape index (κ3) is 5.74. The molecule has 0 radical (unpaired) electrons. The van der Waals surface area contributed by atoms with Gasteiger partial charge >= 0.3 is 0 Å². The minimum absolute atomic E-state index is 0.197. The van der Waals surface area contributed by atoms with Crippen LogP contribution in [0, 0.1) is 6.92 Å². The molecule has 1 N–H and O–H groups in total.